The van der Waals surface area contributed by atoms with E-state index < -0.39 is 10.2 Å². The predicted molar refractivity (Wildman–Crippen MR) is 109 cm³/mol. The van der Waals surface area contributed by atoms with E-state index in [1.54, 1.807) is 0 Å². The summed E-state index contributed by atoms with van der Waals surface area (Å²) in [4.78, 5) is 12.6. The molecular weight excluding hydrogens is 362 g/mol. The summed E-state index contributed by atoms with van der Waals surface area (Å²) < 4.78 is 27.0. The molecule has 0 aliphatic carbocycles. The van der Waals surface area contributed by atoms with Crippen LogP contribution in [0, 0.1) is 5.92 Å². The van der Waals surface area contributed by atoms with Gasteiger partial charge in [0.25, 0.3) is 10.2 Å². The molecule has 152 valence electrons. The number of carbonyl (C=O) groups is 1. The van der Waals surface area contributed by atoms with Gasteiger partial charge < -0.3 is 5.32 Å². The van der Waals surface area contributed by atoms with Crippen LogP contribution in [-0.2, 0) is 20.4 Å². The summed E-state index contributed by atoms with van der Waals surface area (Å²) in [6, 6.07) is 10.4. The average Bonchev–Trinajstić information content (AvgIpc) is 2.61. The van der Waals surface area contributed by atoms with Crippen LogP contribution in [0.1, 0.15) is 45.6 Å². The van der Waals surface area contributed by atoms with Gasteiger partial charge in [-0.05, 0) is 37.2 Å². The van der Waals surface area contributed by atoms with Crippen molar-refractivity contribution in [3.63, 3.8) is 0 Å². The van der Waals surface area contributed by atoms with E-state index in [4.69, 9.17) is 0 Å². The maximum Gasteiger partial charge on any atom is 0.281 e. The summed E-state index contributed by atoms with van der Waals surface area (Å²) in [5, 5.41) is 3.13. The van der Waals surface area contributed by atoms with Crippen LogP contribution in [0.3, 0.4) is 0 Å². The molecule has 2 rings (SSSR count). The molecule has 6 nitrogen and oxygen atoms in total. The van der Waals surface area contributed by atoms with Crippen molar-refractivity contribution < 1.29 is 13.2 Å². The first-order chi connectivity index (χ1) is 12.5. The largest absolute Gasteiger partial charge is 0.353 e. The highest BCUT2D eigenvalue weighted by Gasteiger charge is 2.33. The zero-order chi connectivity index (χ0) is 20.2. The molecule has 0 spiro atoms. The van der Waals surface area contributed by atoms with Crippen molar-refractivity contribution in [2.24, 2.45) is 5.92 Å². The third kappa shape index (κ3) is 5.53. The molecular formula is C20H33N3O3S. The normalized spacial score (nSPS) is 18.4. The number of nitrogens with zero attached hydrogens (tertiary/aromatic N) is 2. The van der Waals surface area contributed by atoms with Crippen LogP contribution in [0.25, 0.3) is 0 Å². The zero-order valence-electron chi connectivity index (χ0n) is 17.1. The topological polar surface area (TPSA) is 69.7 Å². The van der Waals surface area contributed by atoms with Crippen LogP contribution in [-0.4, -0.2) is 56.2 Å². The molecule has 7 heteroatoms. The van der Waals surface area contributed by atoms with E-state index in [1.165, 1.54) is 28.3 Å². The molecule has 1 aliphatic heterocycles. The first kappa shape index (κ1) is 21.9. The molecule has 0 unspecified atom stereocenters. The van der Waals surface area contributed by atoms with Crippen molar-refractivity contribution in [2.45, 2.75) is 51.5 Å². The Hall–Kier alpha value is -1.44. The number of carbonyl (C=O) groups excluding carboxylic acids is 1. The van der Waals surface area contributed by atoms with E-state index in [9.17, 15) is 13.2 Å². The Balaban J connectivity index is 1.87. The third-order valence-electron chi connectivity index (χ3n) is 5.37. The molecule has 1 aromatic carbocycles. The molecule has 27 heavy (non-hydrogen) atoms. The SMILES string of the molecule is C[C@@H](CC(C)(C)c1ccccc1)NC(=O)C1CCN(S(=O)(=O)N(C)C)CC1. The van der Waals surface area contributed by atoms with Gasteiger partial charge in [-0.25, -0.2) is 0 Å². The number of nitrogens with one attached hydrogen (secondary N) is 1. The Labute approximate surface area is 164 Å². The Bertz CT molecular complexity index is 724. The van der Waals surface area contributed by atoms with Crippen LogP contribution in [0.5, 0.6) is 0 Å². The van der Waals surface area contributed by atoms with Crippen LogP contribution in [0.2, 0.25) is 0 Å². The summed E-state index contributed by atoms with van der Waals surface area (Å²) >= 11 is 0. The molecule has 1 saturated heterocycles. The summed E-state index contributed by atoms with van der Waals surface area (Å²) in [7, 11) is -0.328. The Morgan fingerprint density at radius 1 is 1.22 bits per heavy atom. The minimum Gasteiger partial charge on any atom is -0.353 e. The summed E-state index contributed by atoms with van der Waals surface area (Å²) in [6.45, 7) is 7.20. The van der Waals surface area contributed by atoms with E-state index in [0.29, 0.717) is 25.9 Å². The van der Waals surface area contributed by atoms with Gasteiger partial charge in [-0.15, -0.1) is 0 Å². The van der Waals surface area contributed by atoms with E-state index in [-0.39, 0.29) is 23.3 Å². The summed E-state index contributed by atoms with van der Waals surface area (Å²) in [5.41, 5.74) is 1.23. The van der Waals surface area contributed by atoms with Crippen molar-refractivity contribution >= 4 is 16.1 Å². The predicted octanol–water partition coefficient (Wildman–Crippen LogP) is 2.38. The van der Waals surface area contributed by atoms with Gasteiger partial charge in [0.1, 0.15) is 0 Å². The molecule has 0 radical (unpaired) electrons. The van der Waals surface area contributed by atoms with Crippen LogP contribution in [0.4, 0.5) is 0 Å². The quantitative estimate of drug-likeness (QED) is 0.771. The maximum atomic E-state index is 12.6. The van der Waals surface area contributed by atoms with Crippen molar-refractivity contribution in [2.75, 3.05) is 27.2 Å². The lowest BCUT2D eigenvalue weighted by atomic mass is 9.79. The molecule has 0 saturated carbocycles. The number of piperidine rings is 1. The smallest absolute Gasteiger partial charge is 0.281 e. The number of hydrogen-bond acceptors (Lipinski definition) is 3. The van der Waals surface area contributed by atoms with Gasteiger partial charge in [-0.3, -0.25) is 4.79 Å². The summed E-state index contributed by atoms with van der Waals surface area (Å²) in [6.07, 6.45) is 1.97. The molecule has 1 amide bonds. The van der Waals surface area contributed by atoms with E-state index in [0.717, 1.165) is 6.42 Å². The highest BCUT2D eigenvalue weighted by atomic mass is 32.2. The lowest BCUT2D eigenvalue weighted by Crippen LogP contribution is -2.48. The fourth-order valence-corrected chi connectivity index (χ4v) is 4.90. The number of amides is 1. The first-order valence-electron chi connectivity index (χ1n) is 9.57. The van der Waals surface area contributed by atoms with Crippen molar-refractivity contribution in [1.29, 1.82) is 0 Å². The second-order valence-electron chi connectivity index (χ2n) is 8.33. The Kier molecular flexibility index (Phi) is 7.05. The van der Waals surface area contributed by atoms with E-state index >= 15 is 0 Å². The van der Waals surface area contributed by atoms with Crippen molar-refractivity contribution in [3.8, 4) is 0 Å². The van der Waals surface area contributed by atoms with E-state index in [1.807, 2.05) is 25.1 Å². The minimum absolute atomic E-state index is 0.0306. The second kappa shape index (κ2) is 8.71. The van der Waals surface area contributed by atoms with Crippen LogP contribution < -0.4 is 5.32 Å². The van der Waals surface area contributed by atoms with Gasteiger partial charge in [0.05, 0.1) is 0 Å². The fraction of sp³-hybridized carbons (Fsp3) is 0.650. The lowest BCUT2D eigenvalue weighted by molar-refractivity contribution is -0.126. The molecule has 1 fully saturated rings. The molecule has 0 aromatic heterocycles. The summed E-state index contributed by atoms with van der Waals surface area (Å²) in [5.74, 6) is -0.0887. The van der Waals surface area contributed by atoms with Gasteiger partial charge in [0.2, 0.25) is 5.91 Å². The Morgan fingerprint density at radius 3 is 2.30 bits per heavy atom. The van der Waals surface area contributed by atoms with Crippen LogP contribution >= 0.6 is 0 Å². The molecule has 1 N–H and O–H groups in total. The van der Waals surface area contributed by atoms with E-state index in [2.05, 4.69) is 31.3 Å². The molecule has 0 bridgehead atoms. The Morgan fingerprint density at radius 2 is 1.78 bits per heavy atom. The number of hydrogen-bond donors (Lipinski definition) is 1. The van der Waals surface area contributed by atoms with Crippen LogP contribution in [0.15, 0.2) is 30.3 Å². The van der Waals surface area contributed by atoms with Gasteiger partial charge >= 0.3 is 0 Å². The maximum absolute atomic E-state index is 12.6. The standard InChI is InChI=1S/C20H33N3O3S/c1-16(15-20(2,3)18-9-7-6-8-10-18)21-19(24)17-11-13-23(14-12-17)27(25,26)22(4)5/h6-10,16-17H,11-15H2,1-5H3,(H,21,24)/t16-/m0/s1. The molecule has 1 atom stereocenters. The highest BCUT2D eigenvalue weighted by molar-refractivity contribution is 7.86. The van der Waals surface area contributed by atoms with Gasteiger partial charge in [-0.2, -0.15) is 17.0 Å². The fourth-order valence-electron chi connectivity index (χ4n) is 3.76. The second-order valence-corrected chi connectivity index (χ2v) is 10.5. The van der Waals surface area contributed by atoms with Gasteiger partial charge in [0.15, 0.2) is 0 Å². The lowest BCUT2D eigenvalue weighted by Gasteiger charge is -2.33. The molecule has 1 aromatic rings. The first-order valence-corrected chi connectivity index (χ1v) is 11.0. The minimum atomic E-state index is -3.39. The van der Waals surface area contributed by atoms with Crippen molar-refractivity contribution in [1.82, 2.24) is 13.9 Å². The monoisotopic (exact) mass is 395 g/mol. The van der Waals surface area contributed by atoms with Crippen molar-refractivity contribution in [3.05, 3.63) is 35.9 Å². The number of benzene rings is 1. The average molecular weight is 396 g/mol. The zero-order valence-corrected chi connectivity index (χ0v) is 17.9. The third-order valence-corrected chi connectivity index (χ3v) is 7.31. The van der Waals surface area contributed by atoms with Gasteiger partial charge in [-0.1, -0.05) is 44.2 Å². The van der Waals surface area contributed by atoms with Gasteiger partial charge in [0, 0.05) is 39.1 Å². The number of rotatable bonds is 7. The highest BCUT2D eigenvalue weighted by Crippen LogP contribution is 2.28. The molecule has 1 aliphatic rings. The molecule has 1 heterocycles.